The summed E-state index contributed by atoms with van der Waals surface area (Å²) >= 11 is 1.38. The van der Waals surface area contributed by atoms with Gasteiger partial charge in [-0.2, -0.15) is 0 Å². The van der Waals surface area contributed by atoms with Crippen molar-refractivity contribution in [1.82, 2.24) is 0 Å². The SMILES string of the molecule is Cc1ccc(C(=O)O[C@@H](C)C(=O)c2ccc3c(c2)CCC3)s1. The minimum absolute atomic E-state index is 0.142. The quantitative estimate of drug-likeness (QED) is 0.633. The van der Waals surface area contributed by atoms with Gasteiger partial charge in [-0.05, 0) is 62.4 Å². The summed E-state index contributed by atoms with van der Waals surface area (Å²) in [6.45, 7) is 3.56. The van der Waals surface area contributed by atoms with Crippen LogP contribution in [0.2, 0.25) is 0 Å². The molecule has 1 atom stereocenters. The molecule has 0 fully saturated rings. The number of ketones is 1. The first-order chi connectivity index (χ1) is 10.5. The lowest BCUT2D eigenvalue weighted by Crippen LogP contribution is -2.24. The number of benzene rings is 1. The Morgan fingerprint density at radius 3 is 2.64 bits per heavy atom. The molecule has 3 rings (SSSR count). The lowest BCUT2D eigenvalue weighted by Gasteiger charge is -2.12. The smallest absolute Gasteiger partial charge is 0.349 e. The van der Waals surface area contributed by atoms with Crippen LogP contribution in [-0.2, 0) is 17.6 Å². The van der Waals surface area contributed by atoms with Crippen LogP contribution < -0.4 is 0 Å². The number of carbonyl (C=O) groups is 2. The van der Waals surface area contributed by atoms with Crippen molar-refractivity contribution in [2.75, 3.05) is 0 Å². The molecule has 0 spiro atoms. The first kappa shape index (κ1) is 15.0. The lowest BCUT2D eigenvalue weighted by molar-refractivity contribution is 0.0323. The van der Waals surface area contributed by atoms with Gasteiger partial charge in [0, 0.05) is 10.4 Å². The van der Waals surface area contributed by atoms with E-state index in [0.29, 0.717) is 10.4 Å². The van der Waals surface area contributed by atoms with E-state index < -0.39 is 12.1 Å². The Morgan fingerprint density at radius 1 is 1.14 bits per heavy atom. The number of aryl methyl sites for hydroxylation is 3. The van der Waals surface area contributed by atoms with Crippen molar-refractivity contribution < 1.29 is 14.3 Å². The molecule has 0 aliphatic heterocycles. The predicted molar refractivity (Wildman–Crippen MR) is 86.7 cm³/mol. The van der Waals surface area contributed by atoms with E-state index in [1.807, 2.05) is 31.2 Å². The molecule has 0 bridgehead atoms. The highest BCUT2D eigenvalue weighted by Crippen LogP contribution is 2.24. The summed E-state index contributed by atoms with van der Waals surface area (Å²) in [5.41, 5.74) is 3.21. The average molecular weight is 314 g/mol. The van der Waals surface area contributed by atoms with Crippen molar-refractivity contribution in [1.29, 1.82) is 0 Å². The fourth-order valence-electron chi connectivity index (χ4n) is 2.78. The van der Waals surface area contributed by atoms with E-state index in [4.69, 9.17) is 4.74 Å². The van der Waals surface area contributed by atoms with Crippen LogP contribution in [0.5, 0.6) is 0 Å². The van der Waals surface area contributed by atoms with Crippen LogP contribution in [0.25, 0.3) is 0 Å². The third-order valence-corrected chi connectivity index (χ3v) is 4.96. The van der Waals surface area contributed by atoms with Gasteiger partial charge in [0.05, 0.1) is 0 Å². The van der Waals surface area contributed by atoms with Gasteiger partial charge < -0.3 is 4.74 Å². The Balaban J connectivity index is 1.70. The summed E-state index contributed by atoms with van der Waals surface area (Å²) in [7, 11) is 0. The fourth-order valence-corrected chi connectivity index (χ4v) is 3.53. The largest absolute Gasteiger partial charge is 0.450 e. The molecule has 0 radical (unpaired) electrons. The van der Waals surface area contributed by atoms with Gasteiger partial charge >= 0.3 is 5.97 Å². The molecule has 1 heterocycles. The zero-order valence-electron chi connectivity index (χ0n) is 12.7. The highest BCUT2D eigenvalue weighted by Gasteiger charge is 2.22. The van der Waals surface area contributed by atoms with Gasteiger partial charge in [0.25, 0.3) is 0 Å². The highest BCUT2D eigenvalue weighted by atomic mass is 32.1. The number of hydrogen-bond acceptors (Lipinski definition) is 4. The van der Waals surface area contributed by atoms with Crippen LogP contribution in [0, 0.1) is 6.92 Å². The summed E-state index contributed by atoms with van der Waals surface area (Å²) in [6.07, 6.45) is 2.50. The molecule has 1 aliphatic rings. The molecule has 1 aliphatic carbocycles. The van der Waals surface area contributed by atoms with Crippen LogP contribution in [0.1, 0.15) is 49.4 Å². The molecule has 2 aromatic rings. The second-order valence-corrected chi connectivity index (χ2v) is 6.95. The maximum absolute atomic E-state index is 12.4. The van der Waals surface area contributed by atoms with Crippen LogP contribution in [0.15, 0.2) is 30.3 Å². The second kappa shape index (κ2) is 6.05. The summed E-state index contributed by atoms with van der Waals surface area (Å²) < 4.78 is 5.31. The Bertz CT molecular complexity index is 730. The molecule has 0 saturated carbocycles. The number of fused-ring (bicyclic) bond motifs is 1. The second-order valence-electron chi connectivity index (χ2n) is 5.66. The molecular weight excluding hydrogens is 296 g/mol. The summed E-state index contributed by atoms with van der Waals surface area (Å²) in [6, 6.07) is 9.41. The first-order valence-corrected chi connectivity index (χ1v) is 8.29. The van der Waals surface area contributed by atoms with E-state index in [2.05, 4.69) is 0 Å². The molecule has 0 N–H and O–H groups in total. The highest BCUT2D eigenvalue weighted by molar-refractivity contribution is 7.13. The van der Waals surface area contributed by atoms with Crippen LogP contribution in [0.4, 0.5) is 0 Å². The fraction of sp³-hybridized carbons (Fsp3) is 0.333. The van der Waals surface area contributed by atoms with Crippen molar-refractivity contribution in [3.05, 3.63) is 56.8 Å². The molecular formula is C18H18O3S. The molecule has 3 nitrogen and oxygen atoms in total. The Labute approximate surface area is 133 Å². The van der Waals surface area contributed by atoms with E-state index in [1.54, 1.807) is 13.0 Å². The summed E-state index contributed by atoms with van der Waals surface area (Å²) in [5, 5.41) is 0. The number of thiophene rings is 1. The maximum atomic E-state index is 12.4. The zero-order valence-corrected chi connectivity index (χ0v) is 13.5. The number of hydrogen-bond donors (Lipinski definition) is 0. The number of carbonyl (C=O) groups excluding carboxylic acids is 2. The van der Waals surface area contributed by atoms with E-state index >= 15 is 0 Å². The third kappa shape index (κ3) is 2.97. The van der Waals surface area contributed by atoms with Crippen molar-refractivity contribution in [2.24, 2.45) is 0 Å². The standard InChI is InChI=1S/C18H18O3S/c1-11-6-9-16(22-11)18(20)21-12(2)17(19)15-8-7-13-4-3-5-14(13)10-15/h6-10,12H,3-5H2,1-2H3/t12-/m0/s1. The number of esters is 1. The van der Waals surface area contributed by atoms with Gasteiger partial charge in [-0.1, -0.05) is 12.1 Å². The van der Waals surface area contributed by atoms with Gasteiger partial charge in [0.2, 0.25) is 5.78 Å². The average Bonchev–Trinajstić information content (AvgIpc) is 3.13. The van der Waals surface area contributed by atoms with E-state index in [1.165, 1.54) is 22.5 Å². The Kier molecular flexibility index (Phi) is 4.12. The molecule has 1 aromatic heterocycles. The van der Waals surface area contributed by atoms with Crippen molar-refractivity contribution in [2.45, 2.75) is 39.2 Å². The van der Waals surface area contributed by atoms with Crippen molar-refractivity contribution in [3.8, 4) is 0 Å². The van der Waals surface area contributed by atoms with Gasteiger partial charge in [-0.25, -0.2) is 4.79 Å². The summed E-state index contributed by atoms with van der Waals surface area (Å²) in [5.74, 6) is -0.573. The number of Topliss-reactive ketones (excluding diaryl/α,β-unsaturated/α-hetero) is 1. The minimum atomic E-state index is -0.769. The maximum Gasteiger partial charge on any atom is 0.349 e. The molecule has 4 heteroatoms. The first-order valence-electron chi connectivity index (χ1n) is 7.48. The molecule has 114 valence electrons. The Morgan fingerprint density at radius 2 is 1.91 bits per heavy atom. The minimum Gasteiger partial charge on any atom is -0.450 e. The Hall–Kier alpha value is -1.94. The normalized spacial score (nSPS) is 14.5. The van der Waals surface area contributed by atoms with E-state index in [0.717, 1.165) is 24.1 Å². The monoisotopic (exact) mass is 314 g/mol. The molecule has 0 unspecified atom stereocenters. The van der Waals surface area contributed by atoms with Crippen LogP contribution in [-0.4, -0.2) is 17.9 Å². The lowest BCUT2D eigenvalue weighted by atomic mass is 10.0. The van der Waals surface area contributed by atoms with Gasteiger partial charge in [0.15, 0.2) is 6.10 Å². The van der Waals surface area contributed by atoms with Crippen LogP contribution >= 0.6 is 11.3 Å². The van der Waals surface area contributed by atoms with Gasteiger partial charge in [0.1, 0.15) is 4.88 Å². The van der Waals surface area contributed by atoms with Crippen molar-refractivity contribution in [3.63, 3.8) is 0 Å². The van der Waals surface area contributed by atoms with Crippen LogP contribution in [0.3, 0.4) is 0 Å². The van der Waals surface area contributed by atoms with Gasteiger partial charge in [-0.3, -0.25) is 4.79 Å². The third-order valence-electron chi connectivity index (χ3n) is 3.98. The number of rotatable bonds is 4. The summed E-state index contributed by atoms with van der Waals surface area (Å²) in [4.78, 5) is 26.0. The zero-order chi connectivity index (χ0) is 15.7. The topological polar surface area (TPSA) is 43.4 Å². The van der Waals surface area contributed by atoms with Gasteiger partial charge in [-0.15, -0.1) is 11.3 Å². The van der Waals surface area contributed by atoms with E-state index in [9.17, 15) is 9.59 Å². The van der Waals surface area contributed by atoms with E-state index in [-0.39, 0.29) is 5.78 Å². The molecule has 1 aromatic carbocycles. The molecule has 0 amide bonds. The van der Waals surface area contributed by atoms with Crippen molar-refractivity contribution >= 4 is 23.1 Å². The number of ether oxygens (including phenoxy) is 1. The molecule has 22 heavy (non-hydrogen) atoms. The predicted octanol–water partition coefficient (Wildman–Crippen LogP) is 3.97. The molecule has 0 saturated heterocycles.